The fraction of sp³-hybridized carbons (Fsp3) is 0.100. The quantitative estimate of drug-likeness (QED) is 0.187. The maximum Gasteiger partial charge on any atom is 0.416 e. The zero-order valence-corrected chi connectivity index (χ0v) is 21.2. The summed E-state index contributed by atoms with van der Waals surface area (Å²) in [6.45, 7) is 3.59. The molecule has 0 radical (unpaired) electrons. The van der Waals surface area contributed by atoms with Crippen molar-refractivity contribution in [1.29, 1.82) is 0 Å². The summed E-state index contributed by atoms with van der Waals surface area (Å²) in [6.07, 6.45) is -4.59. The van der Waals surface area contributed by atoms with Crippen molar-refractivity contribution in [3.63, 3.8) is 0 Å². The highest BCUT2D eigenvalue weighted by Crippen LogP contribution is 2.41. The van der Waals surface area contributed by atoms with Crippen molar-refractivity contribution in [2.24, 2.45) is 5.10 Å². The number of carboxylic acids is 1. The number of nitrogens with one attached hydrogen (secondary N) is 1. The summed E-state index contributed by atoms with van der Waals surface area (Å²) in [5.41, 5.74) is 5.16. The van der Waals surface area contributed by atoms with Gasteiger partial charge in [0.25, 0.3) is 5.91 Å². The molecule has 40 heavy (non-hydrogen) atoms. The van der Waals surface area contributed by atoms with Crippen LogP contribution in [0.3, 0.4) is 0 Å². The smallest absolute Gasteiger partial charge is 0.416 e. The number of hydrogen-bond donors (Lipinski definition) is 3. The number of rotatable bonds is 5. The van der Waals surface area contributed by atoms with Gasteiger partial charge in [-0.3, -0.25) is 15.1 Å². The number of aryl methyl sites for hydroxylation is 2. The standard InChI is InChI=1S/C30H22F3N3O4/c1-16-12-17(2)25-24(13-16)36(21-9-4-8-20(15-21)30(31,32)33)28(38)26(25)35-34-23-11-5-10-22(27(23)37)18-6-3-7-19(14-18)29(39)40/h3-15,34,37H,1-2H3,(H,39,40)/b35-26-. The normalized spacial score (nSPS) is 14.0. The number of amides is 1. The Morgan fingerprint density at radius 3 is 2.40 bits per heavy atom. The van der Waals surface area contributed by atoms with E-state index in [-0.39, 0.29) is 28.4 Å². The first-order valence-corrected chi connectivity index (χ1v) is 12.1. The summed E-state index contributed by atoms with van der Waals surface area (Å²) in [5, 5.41) is 24.6. The predicted molar refractivity (Wildman–Crippen MR) is 145 cm³/mol. The molecule has 4 aromatic rings. The van der Waals surface area contributed by atoms with E-state index in [0.29, 0.717) is 27.9 Å². The number of carboxylic acid groups (broad SMARTS) is 1. The van der Waals surface area contributed by atoms with Crippen LogP contribution in [0.15, 0.2) is 84.0 Å². The van der Waals surface area contributed by atoms with E-state index in [1.807, 2.05) is 13.0 Å². The van der Waals surface area contributed by atoms with Crippen molar-refractivity contribution in [2.45, 2.75) is 20.0 Å². The molecule has 0 unspecified atom stereocenters. The number of aromatic hydroxyl groups is 1. The van der Waals surface area contributed by atoms with E-state index in [2.05, 4.69) is 10.5 Å². The van der Waals surface area contributed by atoms with Crippen molar-refractivity contribution < 1.29 is 33.0 Å². The molecule has 1 aliphatic rings. The summed E-state index contributed by atoms with van der Waals surface area (Å²) < 4.78 is 40.3. The van der Waals surface area contributed by atoms with Crippen LogP contribution in [0, 0.1) is 13.8 Å². The second-order valence-corrected chi connectivity index (χ2v) is 9.32. The topological polar surface area (TPSA) is 102 Å². The third kappa shape index (κ3) is 4.75. The molecule has 4 aromatic carbocycles. The molecule has 10 heteroatoms. The van der Waals surface area contributed by atoms with E-state index in [9.17, 15) is 33.0 Å². The number of fused-ring (bicyclic) bond motifs is 1. The molecule has 202 valence electrons. The molecule has 0 saturated heterocycles. The van der Waals surface area contributed by atoms with Crippen LogP contribution in [0.25, 0.3) is 11.1 Å². The van der Waals surface area contributed by atoms with Gasteiger partial charge in [0.05, 0.1) is 22.5 Å². The molecule has 0 aromatic heterocycles. The number of carbonyl (C=O) groups is 2. The Kier molecular flexibility index (Phi) is 6.54. The van der Waals surface area contributed by atoms with Crippen LogP contribution in [0.1, 0.15) is 32.6 Å². The van der Waals surface area contributed by atoms with Gasteiger partial charge in [0.1, 0.15) is 5.75 Å². The van der Waals surface area contributed by atoms with E-state index in [0.717, 1.165) is 17.7 Å². The number of benzene rings is 4. The number of aromatic carboxylic acids is 1. The molecule has 0 fully saturated rings. The van der Waals surface area contributed by atoms with Crippen LogP contribution in [0.5, 0.6) is 5.75 Å². The van der Waals surface area contributed by atoms with Gasteiger partial charge in [-0.05, 0) is 73.0 Å². The van der Waals surface area contributed by atoms with E-state index in [1.54, 1.807) is 37.3 Å². The van der Waals surface area contributed by atoms with Gasteiger partial charge in [0.2, 0.25) is 0 Å². The number of carbonyl (C=O) groups excluding carboxylic acids is 1. The lowest BCUT2D eigenvalue weighted by atomic mass is 10.0. The van der Waals surface area contributed by atoms with E-state index < -0.39 is 23.6 Å². The van der Waals surface area contributed by atoms with Crippen LogP contribution in [-0.4, -0.2) is 27.8 Å². The molecule has 0 saturated carbocycles. The van der Waals surface area contributed by atoms with Crippen LogP contribution in [0.4, 0.5) is 30.2 Å². The van der Waals surface area contributed by atoms with Gasteiger partial charge < -0.3 is 10.2 Å². The van der Waals surface area contributed by atoms with E-state index in [1.165, 1.54) is 35.2 Å². The molecule has 0 aliphatic carbocycles. The Labute approximate surface area is 226 Å². The van der Waals surface area contributed by atoms with Gasteiger partial charge in [-0.2, -0.15) is 18.3 Å². The number of phenols is 1. The molecule has 1 heterocycles. The first-order chi connectivity index (χ1) is 19.0. The SMILES string of the molecule is Cc1cc(C)c2c(c1)N(c1cccc(C(F)(F)F)c1)C(=O)/C2=N\Nc1cccc(-c2cccc(C(=O)O)c2)c1O. The molecule has 7 nitrogen and oxygen atoms in total. The van der Waals surface area contributed by atoms with Crippen molar-refractivity contribution in [3.8, 4) is 16.9 Å². The van der Waals surface area contributed by atoms with Gasteiger partial charge in [-0.25, -0.2) is 4.79 Å². The molecule has 1 amide bonds. The highest BCUT2D eigenvalue weighted by Gasteiger charge is 2.38. The monoisotopic (exact) mass is 545 g/mol. The van der Waals surface area contributed by atoms with Gasteiger partial charge in [0.15, 0.2) is 5.71 Å². The average Bonchev–Trinajstić information content (AvgIpc) is 3.18. The van der Waals surface area contributed by atoms with Crippen LogP contribution in [0.2, 0.25) is 0 Å². The van der Waals surface area contributed by atoms with Crippen molar-refractivity contribution in [1.82, 2.24) is 0 Å². The largest absolute Gasteiger partial charge is 0.505 e. The third-order valence-electron chi connectivity index (χ3n) is 6.52. The minimum absolute atomic E-state index is 0.0393. The summed E-state index contributed by atoms with van der Waals surface area (Å²) in [4.78, 5) is 26.2. The number of alkyl halides is 3. The fourth-order valence-corrected chi connectivity index (χ4v) is 4.74. The minimum atomic E-state index is -4.59. The average molecular weight is 546 g/mol. The second-order valence-electron chi connectivity index (χ2n) is 9.32. The number of halogens is 3. The number of hydrogen-bond acceptors (Lipinski definition) is 5. The van der Waals surface area contributed by atoms with Gasteiger partial charge in [0, 0.05) is 16.8 Å². The zero-order chi connectivity index (χ0) is 28.8. The van der Waals surface area contributed by atoms with Crippen molar-refractivity contribution in [2.75, 3.05) is 10.3 Å². The highest BCUT2D eigenvalue weighted by molar-refractivity contribution is 6.56. The van der Waals surface area contributed by atoms with Crippen molar-refractivity contribution in [3.05, 3.63) is 107 Å². The molecule has 3 N–H and O–H groups in total. The lowest BCUT2D eigenvalue weighted by Gasteiger charge is -2.19. The zero-order valence-electron chi connectivity index (χ0n) is 21.2. The lowest BCUT2D eigenvalue weighted by Crippen LogP contribution is -2.26. The second kappa shape index (κ2) is 9.88. The minimum Gasteiger partial charge on any atom is -0.505 e. The number of anilines is 3. The number of hydrazone groups is 1. The maximum absolute atomic E-state index is 13.6. The molecule has 0 bridgehead atoms. The van der Waals surface area contributed by atoms with Crippen LogP contribution >= 0.6 is 0 Å². The molecular formula is C30H22F3N3O4. The first kappa shape index (κ1) is 26.5. The fourth-order valence-electron chi connectivity index (χ4n) is 4.74. The summed E-state index contributed by atoms with van der Waals surface area (Å²) >= 11 is 0. The number of phenolic OH excluding ortho intramolecular Hbond substituents is 1. The van der Waals surface area contributed by atoms with Gasteiger partial charge >= 0.3 is 12.1 Å². The van der Waals surface area contributed by atoms with Gasteiger partial charge in [-0.1, -0.05) is 36.4 Å². The Balaban J connectivity index is 1.56. The maximum atomic E-state index is 13.6. The molecular weight excluding hydrogens is 523 g/mol. The summed E-state index contributed by atoms with van der Waals surface area (Å²) in [6, 6.07) is 18.9. The summed E-state index contributed by atoms with van der Waals surface area (Å²) in [7, 11) is 0. The Morgan fingerprint density at radius 1 is 0.950 bits per heavy atom. The predicted octanol–water partition coefficient (Wildman–Crippen LogP) is 6.89. The van der Waals surface area contributed by atoms with Crippen LogP contribution in [-0.2, 0) is 11.0 Å². The van der Waals surface area contributed by atoms with Crippen LogP contribution < -0.4 is 10.3 Å². The molecule has 0 atom stereocenters. The first-order valence-electron chi connectivity index (χ1n) is 12.1. The lowest BCUT2D eigenvalue weighted by molar-refractivity contribution is -0.137. The van der Waals surface area contributed by atoms with E-state index in [4.69, 9.17) is 0 Å². The molecule has 0 spiro atoms. The van der Waals surface area contributed by atoms with Gasteiger partial charge in [-0.15, -0.1) is 0 Å². The van der Waals surface area contributed by atoms with Crippen molar-refractivity contribution >= 4 is 34.7 Å². The molecule has 1 aliphatic heterocycles. The Morgan fingerprint density at radius 2 is 1.68 bits per heavy atom. The Bertz CT molecular complexity index is 1710. The van der Waals surface area contributed by atoms with E-state index >= 15 is 0 Å². The Hall–Kier alpha value is -5.12. The number of para-hydroxylation sites is 1. The third-order valence-corrected chi connectivity index (χ3v) is 6.52. The summed E-state index contributed by atoms with van der Waals surface area (Å²) in [5.74, 6) is -1.98. The molecule has 5 rings (SSSR count). The highest BCUT2D eigenvalue weighted by atomic mass is 19.4. The number of nitrogens with zero attached hydrogens (tertiary/aromatic N) is 2.